The third-order valence-corrected chi connectivity index (χ3v) is 6.05. The molecule has 0 fully saturated rings. The fourth-order valence-corrected chi connectivity index (χ4v) is 4.32. The molecule has 0 unspecified atom stereocenters. The van der Waals surface area contributed by atoms with Crippen LogP contribution < -0.4 is 10.6 Å². The standard InChI is InChI=1S/C27H26N2O6/c30-15-24(26(32)33)29-25(31)13-17-7-1-2-8-18(17)14-28-27(34)35-16-23-21-11-5-3-9-19(21)20-10-4-6-12-22(20)23/h1-12,23-24,30H,13-16H2,(H,28,34)(H,29,31)(H,32,33)/t24-/m0/s1. The van der Waals surface area contributed by atoms with Crippen LogP contribution in [0, 0.1) is 0 Å². The monoisotopic (exact) mass is 474 g/mol. The summed E-state index contributed by atoms with van der Waals surface area (Å²) in [6, 6.07) is 21.8. The Bertz CT molecular complexity index is 1200. The van der Waals surface area contributed by atoms with Crippen molar-refractivity contribution in [1.82, 2.24) is 10.6 Å². The van der Waals surface area contributed by atoms with Crippen LogP contribution in [0.3, 0.4) is 0 Å². The minimum absolute atomic E-state index is 0.0437. The minimum atomic E-state index is -1.37. The summed E-state index contributed by atoms with van der Waals surface area (Å²) in [5.74, 6) is -1.90. The van der Waals surface area contributed by atoms with Crippen LogP contribution in [0.25, 0.3) is 11.1 Å². The molecule has 4 rings (SSSR count). The van der Waals surface area contributed by atoms with Gasteiger partial charge in [-0.3, -0.25) is 4.79 Å². The van der Waals surface area contributed by atoms with Gasteiger partial charge in [0.2, 0.25) is 5.91 Å². The number of carbonyl (C=O) groups is 3. The molecule has 0 aliphatic heterocycles. The van der Waals surface area contributed by atoms with Crippen molar-refractivity contribution in [2.75, 3.05) is 13.2 Å². The average molecular weight is 475 g/mol. The summed E-state index contributed by atoms with van der Waals surface area (Å²) in [5, 5.41) is 23.1. The molecule has 4 N–H and O–H groups in total. The molecule has 8 heteroatoms. The number of carbonyl (C=O) groups excluding carboxylic acids is 2. The van der Waals surface area contributed by atoms with Crippen LogP contribution in [-0.4, -0.2) is 47.4 Å². The Kier molecular flexibility index (Phi) is 7.42. The highest BCUT2D eigenvalue weighted by Gasteiger charge is 2.29. The summed E-state index contributed by atoms with van der Waals surface area (Å²) in [4.78, 5) is 35.7. The van der Waals surface area contributed by atoms with E-state index in [1.807, 2.05) is 36.4 Å². The van der Waals surface area contributed by atoms with Gasteiger partial charge in [0.25, 0.3) is 0 Å². The van der Waals surface area contributed by atoms with Crippen LogP contribution in [0.5, 0.6) is 0 Å². The number of hydrogen-bond acceptors (Lipinski definition) is 5. The van der Waals surface area contributed by atoms with Crippen molar-refractivity contribution in [1.29, 1.82) is 0 Å². The number of aliphatic hydroxyl groups is 1. The van der Waals surface area contributed by atoms with Gasteiger partial charge < -0.3 is 25.6 Å². The maximum atomic E-state index is 12.5. The summed E-state index contributed by atoms with van der Waals surface area (Å²) in [5.41, 5.74) is 5.88. The second kappa shape index (κ2) is 10.8. The Hall–Kier alpha value is -4.17. The number of hydrogen-bond donors (Lipinski definition) is 4. The molecule has 35 heavy (non-hydrogen) atoms. The number of amides is 2. The Morgan fingerprint density at radius 1 is 0.857 bits per heavy atom. The predicted octanol–water partition coefficient (Wildman–Crippen LogP) is 2.83. The molecule has 0 aromatic heterocycles. The quantitative estimate of drug-likeness (QED) is 0.378. The zero-order chi connectivity index (χ0) is 24.8. The summed E-state index contributed by atoms with van der Waals surface area (Å²) >= 11 is 0. The van der Waals surface area contributed by atoms with E-state index >= 15 is 0 Å². The molecule has 2 amide bonds. The van der Waals surface area contributed by atoms with Gasteiger partial charge in [0.15, 0.2) is 0 Å². The summed E-state index contributed by atoms with van der Waals surface area (Å²) in [7, 11) is 0. The number of carboxylic acid groups (broad SMARTS) is 1. The van der Waals surface area contributed by atoms with Crippen molar-refractivity contribution in [3.63, 3.8) is 0 Å². The van der Waals surface area contributed by atoms with E-state index in [9.17, 15) is 14.4 Å². The number of carboxylic acids is 1. The molecular weight excluding hydrogens is 448 g/mol. The fourth-order valence-electron chi connectivity index (χ4n) is 4.32. The lowest BCUT2D eigenvalue weighted by Crippen LogP contribution is -2.44. The van der Waals surface area contributed by atoms with E-state index in [0.717, 1.165) is 22.3 Å². The number of ether oxygens (including phenoxy) is 1. The molecule has 0 bridgehead atoms. The first-order valence-corrected chi connectivity index (χ1v) is 11.3. The minimum Gasteiger partial charge on any atom is -0.480 e. The molecule has 0 heterocycles. The van der Waals surface area contributed by atoms with Crippen LogP contribution in [-0.2, 0) is 27.3 Å². The van der Waals surface area contributed by atoms with E-state index < -0.39 is 30.6 Å². The number of alkyl carbamates (subject to hydrolysis) is 1. The van der Waals surface area contributed by atoms with Gasteiger partial charge in [0, 0.05) is 12.5 Å². The lowest BCUT2D eigenvalue weighted by atomic mass is 9.98. The molecule has 1 atom stereocenters. The first-order chi connectivity index (χ1) is 17.0. The van der Waals surface area contributed by atoms with Crippen LogP contribution in [0.15, 0.2) is 72.8 Å². The molecule has 1 aliphatic rings. The van der Waals surface area contributed by atoms with Crippen molar-refractivity contribution < 1.29 is 29.3 Å². The Morgan fingerprint density at radius 3 is 2.03 bits per heavy atom. The molecule has 0 saturated carbocycles. The van der Waals surface area contributed by atoms with Crippen LogP contribution in [0.2, 0.25) is 0 Å². The summed E-state index contributed by atoms with van der Waals surface area (Å²) in [6.07, 6.45) is -0.663. The second-order valence-electron chi connectivity index (χ2n) is 8.27. The highest BCUT2D eigenvalue weighted by Crippen LogP contribution is 2.44. The third kappa shape index (κ3) is 5.50. The van der Waals surface area contributed by atoms with Crippen LogP contribution >= 0.6 is 0 Å². The average Bonchev–Trinajstić information content (AvgIpc) is 3.19. The molecule has 0 spiro atoms. The lowest BCUT2D eigenvalue weighted by molar-refractivity contribution is -0.142. The molecule has 1 aliphatic carbocycles. The number of fused-ring (bicyclic) bond motifs is 3. The first-order valence-electron chi connectivity index (χ1n) is 11.3. The van der Waals surface area contributed by atoms with Gasteiger partial charge in [-0.05, 0) is 33.4 Å². The third-order valence-electron chi connectivity index (χ3n) is 6.05. The first kappa shape index (κ1) is 24.0. The van der Waals surface area contributed by atoms with Gasteiger partial charge in [0.05, 0.1) is 13.0 Å². The van der Waals surface area contributed by atoms with E-state index in [0.29, 0.717) is 11.1 Å². The summed E-state index contributed by atoms with van der Waals surface area (Å²) in [6.45, 7) is -0.365. The van der Waals surface area contributed by atoms with Crippen molar-refractivity contribution >= 4 is 18.0 Å². The van der Waals surface area contributed by atoms with E-state index in [-0.39, 0.29) is 25.5 Å². The molecular formula is C27H26N2O6. The van der Waals surface area contributed by atoms with E-state index in [1.54, 1.807) is 24.3 Å². The Balaban J connectivity index is 1.35. The van der Waals surface area contributed by atoms with Crippen molar-refractivity contribution in [3.8, 4) is 11.1 Å². The highest BCUT2D eigenvalue weighted by molar-refractivity contribution is 5.85. The molecule has 0 radical (unpaired) electrons. The Morgan fingerprint density at radius 2 is 1.43 bits per heavy atom. The Labute approximate surface area is 202 Å². The molecule has 8 nitrogen and oxygen atoms in total. The molecule has 3 aromatic rings. The van der Waals surface area contributed by atoms with Crippen molar-refractivity contribution in [3.05, 3.63) is 95.1 Å². The number of rotatable bonds is 9. The lowest BCUT2D eigenvalue weighted by Gasteiger charge is -2.16. The molecule has 180 valence electrons. The van der Waals surface area contributed by atoms with Crippen molar-refractivity contribution in [2.45, 2.75) is 24.9 Å². The smallest absolute Gasteiger partial charge is 0.407 e. The zero-order valence-electron chi connectivity index (χ0n) is 18.9. The van der Waals surface area contributed by atoms with Gasteiger partial charge in [-0.1, -0.05) is 72.8 Å². The largest absolute Gasteiger partial charge is 0.480 e. The van der Waals surface area contributed by atoms with E-state index in [2.05, 4.69) is 22.8 Å². The predicted molar refractivity (Wildman–Crippen MR) is 129 cm³/mol. The highest BCUT2D eigenvalue weighted by atomic mass is 16.5. The van der Waals surface area contributed by atoms with Gasteiger partial charge in [0.1, 0.15) is 12.6 Å². The zero-order valence-corrected chi connectivity index (χ0v) is 18.9. The summed E-state index contributed by atoms with van der Waals surface area (Å²) < 4.78 is 5.55. The van der Waals surface area contributed by atoms with Crippen LogP contribution in [0.1, 0.15) is 28.2 Å². The van der Waals surface area contributed by atoms with Gasteiger partial charge in [-0.15, -0.1) is 0 Å². The normalized spacial score (nSPS) is 12.8. The maximum Gasteiger partial charge on any atom is 0.407 e. The van der Waals surface area contributed by atoms with Crippen LogP contribution in [0.4, 0.5) is 4.79 Å². The number of nitrogens with one attached hydrogen (secondary N) is 2. The SMILES string of the molecule is O=C(Cc1ccccc1CNC(=O)OCC1c2ccccc2-c2ccccc21)N[C@@H](CO)C(=O)O. The van der Waals surface area contributed by atoms with E-state index in [4.69, 9.17) is 14.9 Å². The molecule has 3 aromatic carbocycles. The topological polar surface area (TPSA) is 125 Å². The van der Waals surface area contributed by atoms with Crippen molar-refractivity contribution in [2.24, 2.45) is 0 Å². The maximum absolute atomic E-state index is 12.5. The van der Waals surface area contributed by atoms with E-state index in [1.165, 1.54) is 0 Å². The van der Waals surface area contributed by atoms with Gasteiger partial charge in [-0.2, -0.15) is 0 Å². The van der Waals surface area contributed by atoms with Gasteiger partial charge in [-0.25, -0.2) is 9.59 Å². The number of aliphatic hydroxyl groups excluding tert-OH is 1. The fraction of sp³-hybridized carbons (Fsp3) is 0.222. The van der Waals surface area contributed by atoms with Gasteiger partial charge >= 0.3 is 12.1 Å². The second-order valence-corrected chi connectivity index (χ2v) is 8.27. The molecule has 0 saturated heterocycles. The number of aliphatic carboxylic acids is 1. The number of benzene rings is 3.